The maximum atomic E-state index is 11.2. The Kier molecular flexibility index (Phi) is 2.70. The zero-order valence-electron chi connectivity index (χ0n) is 10.3. The lowest BCUT2D eigenvalue weighted by atomic mass is 9.90. The van der Waals surface area contributed by atoms with E-state index in [0.717, 1.165) is 17.5 Å². The summed E-state index contributed by atoms with van der Waals surface area (Å²) in [6.07, 6.45) is 2.58. The van der Waals surface area contributed by atoms with Gasteiger partial charge in [-0.05, 0) is 6.92 Å². The van der Waals surface area contributed by atoms with Gasteiger partial charge >= 0.3 is 0 Å². The van der Waals surface area contributed by atoms with E-state index < -0.39 is 0 Å². The van der Waals surface area contributed by atoms with Crippen molar-refractivity contribution < 1.29 is 4.79 Å². The number of nitrogens with zero attached hydrogens (tertiary/aromatic N) is 3. The summed E-state index contributed by atoms with van der Waals surface area (Å²) in [7, 11) is 0. The van der Waals surface area contributed by atoms with E-state index in [0.29, 0.717) is 16.4 Å². The van der Waals surface area contributed by atoms with Gasteiger partial charge in [-0.3, -0.25) is 4.79 Å². The molecule has 0 atom stereocenters. The van der Waals surface area contributed by atoms with E-state index in [9.17, 15) is 4.79 Å². The summed E-state index contributed by atoms with van der Waals surface area (Å²) in [5.41, 5.74) is 2.39. The van der Waals surface area contributed by atoms with E-state index in [1.807, 2.05) is 27.7 Å². The summed E-state index contributed by atoms with van der Waals surface area (Å²) in [5.74, 6) is 0. The smallest absolute Gasteiger partial charge is 0.167 e. The molecule has 0 bridgehead atoms. The Morgan fingerprint density at radius 3 is 2.59 bits per heavy atom. The van der Waals surface area contributed by atoms with E-state index >= 15 is 0 Å². The average Bonchev–Trinajstić information content (AvgIpc) is 2.56. The SMILES string of the molecule is Cc1cn2nc(C(C)(C)C)c(C=O)c2nc1Cl. The summed E-state index contributed by atoms with van der Waals surface area (Å²) >= 11 is 5.97. The number of aldehydes is 1. The van der Waals surface area contributed by atoms with Gasteiger partial charge in [-0.1, -0.05) is 32.4 Å². The van der Waals surface area contributed by atoms with Gasteiger partial charge in [0.25, 0.3) is 0 Å². The molecule has 0 aliphatic rings. The molecular formula is C12H14ClN3O. The molecule has 2 heterocycles. The molecule has 0 saturated heterocycles. The van der Waals surface area contributed by atoms with Gasteiger partial charge in [0, 0.05) is 17.2 Å². The molecule has 0 radical (unpaired) electrons. The van der Waals surface area contributed by atoms with Crippen molar-refractivity contribution in [3.8, 4) is 0 Å². The zero-order chi connectivity index (χ0) is 12.8. The predicted molar refractivity (Wildman–Crippen MR) is 66.8 cm³/mol. The number of halogens is 1. The maximum Gasteiger partial charge on any atom is 0.167 e. The maximum absolute atomic E-state index is 11.2. The minimum absolute atomic E-state index is 0.204. The molecule has 0 amide bonds. The number of carbonyl (C=O) groups is 1. The molecule has 5 heteroatoms. The Balaban J connectivity index is 2.85. The van der Waals surface area contributed by atoms with Gasteiger partial charge in [0.1, 0.15) is 5.15 Å². The summed E-state index contributed by atoms with van der Waals surface area (Å²) in [4.78, 5) is 15.4. The molecule has 17 heavy (non-hydrogen) atoms. The van der Waals surface area contributed by atoms with Crippen LogP contribution in [0.2, 0.25) is 5.15 Å². The van der Waals surface area contributed by atoms with Gasteiger partial charge in [0.05, 0.1) is 11.3 Å². The standard InChI is InChI=1S/C12H14ClN3O/c1-7-5-16-11(14-10(7)13)8(6-17)9(15-16)12(2,3)4/h5-6H,1-4H3. The Morgan fingerprint density at radius 2 is 2.06 bits per heavy atom. The Hall–Kier alpha value is -1.42. The van der Waals surface area contributed by atoms with E-state index in [-0.39, 0.29) is 5.41 Å². The van der Waals surface area contributed by atoms with Crippen molar-refractivity contribution in [3.05, 3.63) is 28.2 Å². The molecule has 0 unspecified atom stereocenters. The molecule has 4 nitrogen and oxygen atoms in total. The third-order valence-corrected chi connectivity index (χ3v) is 2.98. The van der Waals surface area contributed by atoms with Crippen LogP contribution in [-0.4, -0.2) is 20.9 Å². The topological polar surface area (TPSA) is 47.3 Å². The second kappa shape index (κ2) is 3.81. The van der Waals surface area contributed by atoms with Crippen LogP contribution in [0.25, 0.3) is 5.65 Å². The van der Waals surface area contributed by atoms with Gasteiger partial charge < -0.3 is 0 Å². The molecule has 0 aromatic carbocycles. The zero-order valence-corrected chi connectivity index (χ0v) is 11.0. The number of carbonyl (C=O) groups excluding carboxylic acids is 1. The monoisotopic (exact) mass is 251 g/mol. The molecule has 2 aromatic heterocycles. The molecule has 0 fully saturated rings. The fraction of sp³-hybridized carbons (Fsp3) is 0.417. The van der Waals surface area contributed by atoms with Crippen LogP contribution in [-0.2, 0) is 5.41 Å². The Morgan fingerprint density at radius 1 is 1.41 bits per heavy atom. The van der Waals surface area contributed by atoms with Crippen molar-refractivity contribution in [2.75, 3.05) is 0 Å². The third kappa shape index (κ3) is 1.93. The Labute approximate surface area is 105 Å². The fourth-order valence-electron chi connectivity index (χ4n) is 1.72. The van der Waals surface area contributed by atoms with Crippen LogP contribution >= 0.6 is 11.6 Å². The minimum atomic E-state index is -0.204. The van der Waals surface area contributed by atoms with E-state index in [1.165, 1.54) is 0 Å². The number of rotatable bonds is 1. The fourth-order valence-corrected chi connectivity index (χ4v) is 1.85. The number of fused-ring (bicyclic) bond motifs is 1. The summed E-state index contributed by atoms with van der Waals surface area (Å²) in [6.45, 7) is 7.89. The molecule has 2 rings (SSSR count). The van der Waals surface area contributed by atoms with Crippen LogP contribution in [0.15, 0.2) is 6.20 Å². The van der Waals surface area contributed by atoms with Crippen molar-refractivity contribution in [1.29, 1.82) is 0 Å². The first-order chi connectivity index (χ1) is 7.84. The highest BCUT2D eigenvalue weighted by Gasteiger charge is 2.24. The van der Waals surface area contributed by atoms with Gasteiger partial charge in [0.2, 0.25) is 0 Å². The average molecular weight is 252 g/mol. The van der Waals surface area contributed by atoms with Crippen LogP contribution in [0.5, 0.6) is 0 Å². The molecule has 0 N–H and O–H groups in total. The lowest BCUT2D eigenvalue weighted by Gasteiger charge is -2.15. The number of aromatic nitrogens is 3. The van der Waals surface area contributed by atoms with Crippen molar-refractivity contribution >= 4 is 23.5 Å². The summed E-state index contributed by atoms with van der Waals surface area (Å²) in [5, 5.41) is 4.82. The largest absolute Gasteiger partial charge is 0.298 e. The minimum Gasteiger partial charge on any atom is -0.298 e. The summed E-state index contributed by atoms with van der Waals surface area (Å²) < 4.78 is 1.62. The second-order valence-corrected chi connectivity index (χ2v) is 5.47. The second-order valence-electron chi connectivity index (χ2n) is 5.11. The molecule has 90 valence electrons. The molecule has 0 saturated carbocycles. The first-order valence-corrected chi connectivity index (χ1v) is 5.73. The van der Waals surface area contributed by atoms with Crippen LogP contribution in [0.1, 0.15) is 42.4 Å². The quantitative estimate of drug-likeness (QED) is 0.578. The van der Waals surface area contributed by atoms with E-state index in [1.54, 1.807) is 10.7 Å². The van der Waals surface area contributed by atoms with Gasteiger partial charge in [0.15, 0.2) is 11.9 Å². The van der Waals surface area contributed by atoms with Crippen molar-refractivity contribution in [2.24, 2.45) is 0 Å². The van der Waals surface area contributed by atoms with Gasteiger partial charge in [-0.25, -0.2) is 9.50 Å². The molecule has 0 aliphatic heterocycles. The molecule has 2 aromatic rings. The first kappa shape index (κ1) is 12.0. The predicted octanol–water partition coefficient (Wildman–Crippen LogP) is 2.80. The van der Waals surface area contributed by atoms with Gasteiger partial charge in [-0.15, -0.1) is 0 Å². The Bertz CT molecular complexity index is 596. The van der Waals surface area contributed by atoms with Gasteiger partial charge in [-0.2, -0.15) is 5.10 Å². The van der Waals surface area contributed by atoms with Crippen LogP contribution < -0.4 is 0 Å². The summed E-state index contributed by atoms with van der Waals surface area (Å²) in [6, 6.07) is 0. The van der Waals surface area contributed by atoms with Crippen LogP contribution in [0.3, 0.4) is 0 Å². The lowest BCUT2D eigenvalue weighted by Crippen LogP contribution is -2.14. The number of hydrogen-bond donors (Lipinski definition) is 0. The van der Waals surface area contributed by atoms with Crippen LogP contribution in [0.4, 0.5) is 0 Å². The van der Waals surface area contributed by atoms with Crippen molar-refractivity contribution in [2.45, 2.75) is 33.1 Å². The molecular weight excluding hydrogens is 238 g/mol. The lowest BCUT2D eigenvalue weighted by molar-refractivity contribution is 0.112. The molecule has 0 spiro atoms. The highest BCUT2D eigenvalue weighted by molar-refractivity contribution is 6.30. The van der Waals surface area contributed by atoms with Crippen molar-refractivity contribution in [1.82, 2.24) is 14.6 Å². The van der Waals surface area contributed by atoms with Crippen LogP contribution in [0, 0.1) is 6.92 Å². The number of hydrogen-bond acceptors (Lipinski definition) is 3. The van der Waals surface area contributed by atoms with Crippen molar-refractivity contribution in [3.63, 3.8) is 0 Å². The first-order valence-electron chi connectivity index (χ1n) is 5.35. The highest BCUT2D eigenvalue weighted by atomic mass is 35.5. The normalized spacial score (nSPS) is 12.1. The number of aryl methyl sites for hydroxylation is 1. The van der Waals surface area contributed by atoms with E-state index in [2.05, 4.69) is 10.1 Å². The van der Waals surface area contributed by atoms with E-state index in [4.69, 9.17) is 11.6 Å². The highest BCUT2D eigenvalue weighted by Crippen LogP contribution is 2.27. The molecule has 0 aliphatic carbocycles. The third-order valence-electron chi connectivity index (χ3n) is 2.59.